The van der Waals surface area contributed by atoms with E-state index in [-0.39, 0.29) is 32.4 Å². The van der Waals surface area contributed by atoms with Crippen LogP contribution < -0.4 is 15.6 Å². The summed E-state index contributed by atoms with van der Waals surface area (Å²) in [7, 11) is -3.94. The lowest BCUT2D eigenvalue weighted by Crippen LogP contribution is -2.39. The van der Waals surface area contributed by atoms with E-state index in [4.69, 9.17) is 11.6 Å². The van der Waals surface area contributed by atoms with Gasteiger partial charge in [-0.1, -0.05) is 43.6 Å². The molecule has 0 saturated heterocycles. The van der Waals surface area contributed by atoms with Gasteiger partial charge in [-0.05, 0) is 42.2 Å². The molecule has 0 fully saturated rings. The van der Waals surface area contributed by atoms with Crippen molar-refractivity contribution in [1.82, 2.24) is 10.9 Å². The van der Waals surface area contributed by atoms with Gasteiger partial charge in [0, 0.05) is 23.8 Å². The average Bonchev–Trinajstić information content (AvgIpc) is 2.66. The number of carbonyl (C=O) groups is 2. The number of anilines is 1. The van der Waals surface area contributed by atoms with Gasteiger partial charge >= 0.3 is 0 Å². The van der Waals surface area contributed by atoms with Crippen LogP contribution in [0.25, 0.3) is 0 Å². The van der Waals surface area contributed by atoms with Gasteiger partial charge in [0.05, 0.1) is 15.6 Å². The molecule has 0 spiro atoms. The Morgan fingerprint density at radius 2 is 1.80 bits per heavy atom. The summed E-state index contributed by atoms with van der Waals surface area (Å²) in [5, 5.41) is 0.261. The number of ketones is 1. The van der Waals surface area contributed by atoms with Gasteiger partial charge in [-0.3, -0.25) is 19.7 Å². The monoisotopic (exact) mass is 447 g/mol. The molecule has 158 valence electrons. The van der Waals surface area contributed by atoms with Crippen molar-refractivity contribution in [3.05, 3.63) is 70.9 Å². The fourth-order valence-electron chi connectivity index (χ4n) is 3.19. The Bertz CT molecular complexity index is 1130. The molecule has 9 heteroatoms. The maximum atomic E-state index is 12.7. The molecule has 7 nitrogen and oxygen atoms in total. The highest BCUT2D eigenvalue weighted by Gasteiger charge is 2.27. The molecule has 0 radical (unpaired) electrons. The molecule has 0 saturated carbocycles. The second kappa shape index (κ2) is 8.49. The predicted molar refractivity (Wildman–Crippen MR) is 115 cm³/mol. The largest absolute Gasteiger partial charge is 0.302 e. The molecule has 2 aromatic rings. The van der Waals surface area contributed by atoms with E-state index in [1.54, 1.807) is 24.3 Å². The lowest BCUT2D eigenvalue weighted by atomic mass is 9.79. The lowest BCUT2D eigenvalue weighted by Gasteiger charge is -2.29. The third-order valence-corrected chi connectivity index (χ3v) is 6.21. The Morgan fingerprint density at radius 3 is 2.50 bits per heavy atom. The molecule has 3 rings (SSSR count). The summed E-state index contributed by atoms with van der Waals surface area (Å²) in [5.74, 6) is -0.539. The van der Waals surface area contributed by atoms with Crippen LogP contribution in [0, 0.1) is 5.41 Å². The Kier molecular flexibility index (Phi) is 6.19. The standard InChI is InChI=1S/C21H22ClN3O4S/c1-21(2)12-15(11-16(26)13-21)23-24-20(27)14-6-5-7-17(10-14)30(28,29)25-19-9-4-3-8-18(19)22/h3-11,23,25H,12-13H2,1-2H3,(H,24,27). The van der Waals surface area contributed by atoms with Crippen LogP contribution in [0.15, 0.2) is 65.2 Å². The number of allylic oxidation sites excluding steroid dienone is 2. The number of nitrogens with one attached hydrogen (secondary N) is 3. The average molecular weight is 448 g/mol. The minimum absolute atomic E-state index is 0.0123. The molecule has 0 heterocycles. The van der Waals surface area contributed by atoms with E-state index in [0.717, 1.165) is 0 Å². The number of carbonyl (C=O) groups excluding carboxylic acids is 2. The van der Waals surface area contributed by atoms with Crippen LogP contribution in [0.1, 0.15) is 37.0 Å². The second-order valence-electron chi connectivity index (χ2n) is 7.85. The smallest absolute Gasteiger partial charge is 0.269 e. The quantitative estimate of drug-likeness (QED) is 0.586. The summed E-state index contributed by atoms with van der Waals surface area (Å²) >= 11 is 6.02. The number of sulfonamides is 1. The van der Waals surface area contributed by atoms with Gasteiger partial charge in [-0.15, -0.1) is 0 Å². The van der Waals surface area contributed by atoms with Gasteiger partial charge in [0.1, 0.15) is 0 Å². The van der Waals surface area contributed by atoms with Crippen molar-refractivity contribution >= 4 is 39.0 Å². The van der Waals surface area contributed by atoms with Gasteiger partial charge in [0.2, 0.25) is 0 Å². The summed E-state index contributed by atoms with van der Waals surface area (Å²) < 4.78 is 27.8. The molecular formula is C21H22ClN3O4S. The summed E-state index contributed by atoms with van der Waals surface area (Å²) in [6.45, 7) is 3.95. The van der Waals surface area contributed by atoms with Crippen LogP contribution >= 0.6 is 11.6 Å². The maximum absolute atomic E-state index is 12.7. The zero-order valence-corrected chi connectivity index (χ0v) is 18.1. The molecule has 0 aromatic heterocycles. The highest BCUT2D eigenvalue weighted by molar-refractivity contribution is 7.92. The minimum Gasteiger partial charge on any atom is -0.302 e. The van der Waals surface area contributed by atoms with Crippen LogP contribution in [0.4, 0.5) is 5.69 Å². The van der Waals surface area contributed by atoms with E-state index in [1.165, 1.54) is 30.3 Å². The highest BCUT2D eigenvalue weighted by atomic mass is 35.5. The van der Waals surface area contributed by atoms with Crippen molar-refractivity contribution < 1.29 is 18.0 Å². The third-order valence-electron chi connectivity index (χ3n) is 4.52. The molecule has 1 amide bonds. The van der Waals surface area contributed by atoms with Gasteiger partial charge in [0.25, 0.3) is 15.9 Å². The molecule has 0 unspecified atom stereocenters. The first kappa shape index (κ1) is 21.9. The normalized spacial score (nSPS) is 15.8. The number of hydrogen-bond donors (Lipinski definition) is 3. The van der Waals surface area contributed by atoms with Crippen molar-refractivity contribution in [3.8, 4) is 0 Å². The number of amides is 1. The van der Waals surface area contributed by atoms with Gasteiger partial charge < -0.3 is 5.43 Å². The van der Waals surface area contributed by atoms with Crippen LogP contribution in [0.2, 0.25) is 5.02 Å². The van der Waals surface area contributed by atoms with E-state index < -0.39 is 15.9 Å². The van der Waals surface area contributed by atoms with Crippen LogP contribution in [0.3, 0.4) is 0 Å². The Labute approximate surface area is 180 Å². The van der Waals surface area contributed by atoms with Crippen molar-refractivity contribution in [2.45, 2.75) is 31.6 Å². The molecule has 0 bridgehead atoms. The zero-order valence-electron chi connectivity index (χ0n) is 16.5. The fraction of sp³-hybridized carbons (Fsp3) is 0.238. The number of benzene rings is 2. The molecule has 1 aliphatic rings. The van der Waals surface area contributed by atoms with E-state index >= 15 is 0 Å². The molecular weight excluding hydrogens is 426 g/mol. The zero-order chi connectivity index (χ0) is 21.9. The van der Waals surface area contributed by atoms with Crippen molar-refractivity contribution in [1.29, 1.82) is 0 Å². The van der Waals surface area contributed by atoms with E-state index in [1.807, 2.05) is 13.8 Å². The lowest BCUT2D eigenvalue weighted by molar-refractivity contribution is -0.117. The van der Waals surface area contributed by atoms with Crippen molar-refractivity contribution in [3.63, 3.8) is 0 Å². The summed E-state index contributed by atoms with van der Waals surface area (Å²) in [6.07, 6.45) is 2.53. The molecule has 0 atom stereocenters. The Hall–Kier alpha value is -2.84. The number of rotatable bonds is 6. The Balaban J connectivity index is 1.72. The van der Waals surface area contributed by atoms with Gasteiger partial charge in [0.15, 0.2) is 5.78 Å². The Morgan fingerprint density at radius 1 is 1.07 bits per heavy atom. The molecule has 1 aliphatic carbocycles. The predicted octanol–water partition coefficient (Wildman–Crippen LogP) is 3.65. The van der Waals surface area contributed by atoms with Crippen LogP contribution in [-0.2, 0) is 14.8 Å². The topological polar surface area (TPSA) is 104 Å². The number of para-hydroxylation sites is 1. The fourth-order valence-corrected chi connectivity index (χ4v) is 4.55. The van der Waals surface area contributed by atoms with Crippen molar-refractivity contribution in [2.24, 2.45) is 5.41 Å². The first-order chi connectivity index (χ1) is 14.1. The van der Waals surface area contributed by atoms with Gasteiger partial charge in [-0.25, -0.2) is 8.42 Å². The number of hydrogen-bond acceptors (Lipinski definition) is 5. The van der Waals surface area contributed by atoms with E-state index in [9.17, 15) is 18.0 Å². The summed E-state index contributed by atoms with van der Waals surface area (Å²) in [6, 6.07) is 12.1. The first-order valence-electron chi connectivity index (χ1n) is 9.23. The number of hydrazine groups is 1. The third kappa shape index (κ3) is 5.40. The van der Waals surface area contributed by atoms with Crippen molar-refractivity contribution in [2.75, 3.05) is 4.72 Å². The molecule has 0 aliphatic heterocycles. The van der Waals surface area contributed by atoms with E-state index in [0.29, 0.717) is 18.5 Å². The summed E-state index contributed by atoms with van der Waals surface area (Å²) in [4.78, 5) is 24.2. The summed E-state index contributed by atoms with van der Waals surface area (Å²) in [5.41, 5.74) is 6.08. The molecule has 30 heavy (non-hydrogen) atoms. The van der Waals surface area contributed by atoms with Crippen LogP contribution in [0.5, 0.6) is 0 Å². The minimum atomic E-state index is -3.94. The second-order valence-corrected chi connectivity index (χ2v) is 9.94. The maximum Gasteiger partial charge on any atom is 0.269 e. The SMILES string of the molecule is CC1(C)CC(=O)C=C(NNC(=O)c2cccc(S(=O)(=O)Nc3ccccc3Cl)c2)C1. The highest BCUT2D eigenvalue weighted by Crippen LogP contribution is 2.32. The number of halogens is 1. The molecule has 3 N–H and O–H groups in total. The van der Waals surface area contributed by atoms with Crippen LogP contribution in [-0.4, -0.2) is 20.1 Å². The first-order valence-corrected chi connectivity index (χ1v) is 11.1. The molecule has 2 aromatic carbocycles. The van der Waals surface area contributed by atoms with E-state index in [2.05, 4.69) is 15.6 Å². The van der Waals surface area contributed by atoms with Gasteiger partial charge in [-0.2, -0.15) is 0 Å².